The van der Waals surface area contributed by atoms with Crippen molar-refractivity contribution in [3.63, 3.8) is 0 Å². The van der Waals surface area contributed by atoms with Gasteiger partial charge in [-0.15, -0.1) is 0 Å². The molecular weight excluding hydrogens is 304 g/mol. The highest BCUT2D eigenvalue weighted by atomic mass is 16.3. The number of fused-ring (bicyclic) bond motifs is 1. The van der Waals surface area contributed by atoms with Gasteiger partial charge in [-0.2, -0.15) is 0 Å². The van der Waals surface area contributed by atoms with Gasteiger partial charge in [-0.3, -0.25) is 14.7 Å². The van der Waals surface area contributed by atoms with Crippen LogP contribution in [0.4, 0.5) is 0 Å². The molecule has 0 aliphatic heterocycles. The monoisotopic (exact) mass is 324 g/mol. The summed E-state index contributed by atoms with van der Waals surface area (Å²) in [5.41, 5.74) is 2.03. The van der Waals surface area contributed by atoms with Crippen molar-refractivity contribution in [3.05, 3.63) is 64.0 Å². The molecule has 3 rings (SSSR count). The van der Waals surface area contributed by atoms with Crippen molar-refractivity contribution < 1.29 is 5.11 Å². The van der Waals surface area contributed by atoms with Gasteiger partial charge < -0.3 is 10.1 Å². The molecule has 2 N–H and O–H groups in total. The predicted octanol–water partition coefficient (Wildman–Crippen LogP) is 2.35. The van der Waals surface area contributed by atoms with E-state index in [0.29, 0.717) is 35.5 Å². The van der Waals surface area contributed by atoms with Gasteiger partial charge in [0.2, 0.25) is 0 Å². The lowest BCUT2D eigenvalue weighted by Gasteiger charge is -2.20. The SMILES string of the molecule is CCN(Cc1nc2ccccc2c(=O)[nH]1)Cc1nc(C)ccc1O. The number of pyridine rings is 1. The molecule has 0 aliphatic carbocycles. The van der Waals surface area contributed by atoms with E-state index in [1.54, 1.807) is 18.2 Å². The van der Waals surface area contributed by atoms with Crippen molar-refractivity contribution in [1.29, 1.82) is 0 Å². The molecule has 0 saturated heterocycles. The van der Waals surface area contributed by atoms with Gasteiger partial charge in [-0.1, -0.05) is 19.1 Å². The molecule has 0 bridgehead atoms. The fourth-order valence-electron chi connectivity index (χ4n) is 2.63. The van der Waals surface area contributed by atoms with Gasteiger partial charge in [0.05, 0.1) is 23.1 Å². The molecule has 0 fully saturated rings. The Kier molecular flexibility index (Phi) is 4.57. The number of hydrogen-bond acceptors (Lipinski definition) is 5. The fraction of sp³-hybridized carbons (Fsp3) is 0.278. The molecule has 3 aromatic rings. The molecule has 1 aromatic carbocycles. The molecule has 24 heavy (non-hydrogen) atoms. The first kappa shape index (κ1) is 16.1. The van der Waals surface area contributed by atoms with Gasteiger partial charge in [0.1, 0.15) is 11.6 Å². The number of H-pyrrole nitrogens is 1. The van der Waals surface area contributed by atoms with E-state index in [-0.39, 0.29) is 11.3 Å². The van der Waals surface area contributed by atoms with Gasteiger partial charge in [0, 0.05) is 12.2 Å². The third-order valence-electron chi connectivity index (χ3n) is 3.95. The maximum Gasteiger partial charge on any atom is 0.258 e. The predicted molar refractivity (Wildman–Crippen MR) is 92.8 cm³/mol. The molecular formula is C18H20N4O2. The topological polar surface area (TPSA) is 82.1 Å². The van der Waals surface area contributed by atoms with Crippen molar-refractivity contribution in [2.45, 2.75) is 26.9 Å². The van der Waals surface area contributed by atoms with Crippen molar-refractivity contribution in [1.82, 2.24) is 19.9 Å². The van der Waals surface area contributed by atoms with E-state index in [2.05, 4.69) is 19.9 Å². The summed E-state index contributed by atoms with van der Waals surface area (Å²) in [6, 6.07) is 10.7. The van der Waals surface area contributed by atoms with Crippen LogP contribution >= 0.6 is 0 Å². The molecule has 0 aliphatic rings. The Labute approximate surface area is 139 Å². The number of aromatic amines is 1. The number of nitrogens with one attached hydrogen (secondary N) is 1. The van der Waals surface area contributed by atoms with E-state index in [1.165, 1.54) is 0 Å². The molecule has 0 spiro atoms. The van der Waals surface area contributed by atoms with Gasteiger partial charge in [-0.05, 0) is 37.7 Å². The van der Waals surface area contributed by atoms with E-state index in [9.17, 15) is 9.90 Å². The van der Waals surface area contributed by atoms with Gasteiger partial charge >= 0.3 is 0 Å². The third kappa shape index (κ3) is 3.44. The number of para-hydroxylation sites is 1. The van der Waals surface area contributed by atoms with Crippen LogP contribution in [0.15, 0.2) is 41.2 Å². The standard InChI is InChI=1S/C18H20N4O2/c1-3-22(10-15-16(23)9-8-12(2)19-15)11-17-20-14-7-5-4-6-13(14)18(24)21-17/h4-9,23H,3,10-11H2,1-2H3,(H,20,21,24). The second-order valence-electron chi connectivity index (χ2n) is 5.75. The average molecular weight is 324 g/mol. The van der Waals surface area contributed by atoms with Gasteiger partial charge in [0.15, 0.2) is 0 Å². The fourth-order valence-corrected chi connectivity index (χ4v) is 2.63. The van der Waals surface area contributed by atoms with Gasteiger partial charge in [-0.25, -0.2) is 4.98 Å². The number of aromatic hydroxyl groups is 1. The lowest BCUT2D eigenvalue weighted by atomic mass is 10.2. The number of rotatable bonds is 5. The van der Waals surface area contributed by atoms with E-state index in [1.807, 2.05) is 32.0 Å². The number of hydrogen-bond donors (Lipinski definition) is 2. The van der Waals surface area contributed by atoms with Crippen LogP contribution in [0.1, 0.15) is 24.1 Å². The van der Waals surface area contributed by atoms with Crippen LogP contribution in [0, 0.1) is 6.92 Å². The highest BCUT2D eigenvalue weighted by Crippen LogP contribution is 2.17. The van der Waals surface area contributed by atoms with Crippen LogP contribution in [-0.4, -0.2) is 31.5 Å². The Bertz CT molecular complexity index is 920. The minimum absolute atomic E-state index is 0.136. The van der Waals surface area contributed by atoms with Crippen LogP contribution in [0.5, 0.6) is 5.75 Å². The number of benzene rings is 1. The van der Waals surface area contributed by atoms with Crippen LogP contribution < -0.4 is 5.56 Å². The molecule has 0 radical (unpaired) electrons. The molecule has 124 valence electrons. The highest BCUT2D eigenvalue weighted by Gasteiger charge is 2.12. The molecule has 6 heteroatoms. The van der Waals surface area contributed by atoms with E-state index < -0.39 is 0 Å². The second-order valence-corrected chi connectivity index (χ2v) is 5.75. The van der Waals surface area contributed by atoms with E-state index >= 15 is 0 Å². The molecule has 2 aromatic heterocycles. The summed E-state index contributed by atoms with van der Waals surface area (Å²) in [4.78, 5) is 26.0. The summed E-state index contributed by atoms with van der Waals surface area (Å²) in [6.07, 6.45) is 0. The second kappa shape index (κ2) is 6.80. The maximum atomic E-state index is 12.2. The van der Waals surface area contributed by atoms with Crippen molar-refractivity contribution >= 4 is 10.9 Å². The molecule has 0 unspecified atom stereocenters. The number of aromatic nitrogens is 3. The Hall–Kier alpha value is -2.73. The van der Waals surface area contributed by atoms with Crippen molar-refractivity contribution in [2.75, 3.05) is 6.54 Å². The molecule has 6 nitrogen and oxygen atoms in total. The van der Waals surface area contributed by atoms with Crippen LogP contribution in [-0.2, 0) is 13.1 Å². The Morgan fingerprint density at radius 2 is 1.92 bits per heavy atom. The molecule has 2 heterocycles. The minimum Gasteiger partial charge on any atom is -0.506 e. The zero-order valence-corrected chi connectivity index (χ0v) is 13.8. The highest BCUT2D eigenvalue weighted by molar-refractivity contribution is 5.77. The first-order chi connectivity index (χ1) is 11.6. The minimum atomic E-state index is -0.136. The lowest BCUT2D eigenvalue weighted by molar-refractivity contribution is 0.257. The Morgan fingerprint density at radius 3 is 2.71 bits per heavy atom. The normalized spacial score (nSPS) is 11.3. The Balaban J connectivity index is 1.85. The maximum absolute atomic E-state index is 12.2. The smallest absolute Gasteiger partial charge is 0.258 e. The third-order valence-corrected chi connectivity index (χ3v) is 3.95. The molecule has 0 saturated carbocycles. The summed E-state index contributed by atoms with van der Waals surface area (Å²) in [5.74, 6) is 0.784. The number of nitrogens with zero attached hydrogens (tertiary/aromatic N) is 3. The van der Waals surface area contributed by atoms with E-state index in [4.69, 9.17) is 0 Å². The van der Waals surface area contributed by atoms with Crippen molar-refractivity contribution in [2.24, 2.45) is 0 Å². The summed E-state index contributed by atoms with van der Waals surface area (Å²) >= 11 is 0. The summed E-state index contributed by atoms with van der Waals surface area (Å²) in [7, 11) is 0. The Morgan fingerprint density at radius 1 is 1.12 bits per heavy atom. The summed E-state index contributed by atoms with van der Waals surface area (Å²) in [5, 5.41) is 10.6. The summed E-state index contributed by atoms with van der Waals surface area (Å²) < 4.78 is 0. The van der Waals surface area contributed by atoms with Crippen LogP contribution in [0.2, 0.25) is 0 Å². The quantitative estimate of drug-likeness (QED) is 0.753. The zero-order chi connectivity index (χ0) is 17.1. The first-order valence-corrected chi connectivity index (χ1v) is 7.92. The van der Waals surface area contributed by atoms with Crippen LogP contribution in [0.3, 0.4) is 0 Å². The van der Waals surface area contributed by atoms with Crippen molar-refractivity contribution in [3.8, 4) is 5.75 Å². The number of aryl methyl sites for hydroxylation is 1. The van der Waals surface area contributed by atoms with Gasteiger partial charge in [0.25, 0.3) is 5.56 Å². The van der Waals surface area contributed by atoms with E-state index in [0.717, 1.165) is 12.2 Å². The first-order valence-electron chi connectivity index (χ1n) is 7.92. The zero-order valence-electron chi connectivity index (χ0n) is 13.8. The molecule has 0 amide bonds. The average Bonchev–Trinajstić information content (AvgIpc) is 2.57. The summed E-state index contributed by atoms with van der Waals surface area (Å²) in [6.45, 7) is 5.62. The largest absolute Gasteiger partial charge is 0.506 e. The lowest BCUT2D eigenvalue weighted by Crippen LogP contribution is -2.26. The molecule has 0 atom stereocenters. The van der Waals surface area contributed by atoms with Crippen LogP contribution in [0.25, 0.3) is 10.9 Å².